The molecule has 0 spiro atoms. The molecule has 4 rings (SSSR count). The van der Waals surface area contributed by atoms with Crippen LogP contribution >= 0.6 is 23.1 Å². The lowest BCUT2D eigenvalue weighted by atomic mass is 10.1. The molecule has 0 amide bonds. The normalized spacial score (nSPS) is 10.9. The molecule has 0 saturated heterocycles. The summed E-state index contributed by atoms with van der Waals surface area (Å²) in [6.45, 7) is 3.94. The number of aromatic carboxylic acids is 1. The van der Waals surface area contributed by atoms with Gasteiger partial charge in [0, 0.05) is 44.9 Å². The largest absolute Gasteiger partial charge is 0.478 e. The van der Waals surface area contributed by atoms with E-state index in [1.54, 1.807) is 41.4 Å². The van der Waals surface area contributed by atoms with Crippen molar-refractivity contribution < 1.29 is 9.90 Å². The van der Waals surface area contributed by atoms with Gasteiger partial charge in [-0.2, -0.15) is 0 Å². The molecular formula is C23H19N3O2S2. The quantitative estimate of drug-likeness (QED) is 0.302. The molecule has 0 aliphatic heterocycles. The number of thiophene rings is 1. The summed E-state index contributed by atoms with van der Waals surface area (Å²) in [5, 5.41) is 9.95. The Kier molecular flexibility index (Phi) is 5.92. The smallest absolute Gasteiger partial charge is 0.335 e. The lowest BCUT2D eigenvalue weighted by molar-refractivity contribution is 0.0697. The van der Waals surface area contributed by atoms with Crippen molar-refractivity contribution in [2.45, 2.75) is 24.8 Å². The zero-order valence-corrected chi connectivity index (χ0v) is 18.1. The third kappa shape index (κ3) is 4.58. The van der Waals surface area contributed by atoms with E-state index in [-0.39, 0.29) is 5.56 Å². The first-order chi connectivity index (χ1) is 14.5. The summed E-state index contributed by atoms with van der Waals surface area (Å²) in [5.74, 6) is -0.207. The standard InChI is InChI=1S/C23H19N3O2S2/c1-14-10-15(2)26-23(25-14)29-13-19-11-20(18-4-3-9-24-12-18)30-21(19)16-5-7-17(8-6-16)22(27)28/h3-12H,13H2,1-2H3,(H,27,28). The van der Waals surface area contributed by atoms with Crippen LogP contribution in [0.25, 0.3) is 20.9 Å². The SMILES string of the molecule is Cc1cc(C)nc(SCc2cc(-c3cccnc3)sc2-c2ccc(C(=O)O)cc2)n1. The fourth-order valence-corrected chi connectivity index (χ4v) is 5.29. The van der Waals surface area contributed by atoms with Crippen molar-refractivity contribution in [1.82, 2.24) is 15.0 Å². The number of hydrogen-bond acceptors (Lipinski definition) is 6. The topological polar surface area (TPSA) is 76.0 Å². The molecule has 7 heteroatoms. The van der Waals surface area contributed by atoms with Crippen molar-refractivity contribution in [3.05, 3.63) is 83.4 Å². The molecule has 0 aliphatic rings. The summed E-state index contributed by atoms with van der Waals surface area (Å²) in [5.41, 5.74) is 5.41. The number of carboxylic acids is 1. The van der Waals surface area contributed by atoms with Gasteiger partial charge in [0.2, 0.25) is 0 Å². The number of benzene rings is 1. The van der Waals surface area contributed by atoms with Gasteiger partial charge in [0.15, 0.2) is 5.16 Å². The molecule has 30 heavy (non-hydrogen) atoms. The van der Waals surface area contributed by atoms with Gasteiger partial charge in [-0.25, -0.2) is 14.8 Å². The Morgan fingerprint density at radius 1 is 1.03 bits per heavy atom. The van der Waals surface area contributed by atoms with Gasteiger partial charge in [-0.1, -0.05) is 30.0 Å². The molecule has 0 radical (unpaired) electrons. The monoisotopic (exact) mass is 433 g/mol. The highest BCUT2D eigenvalue weighted by Crippen LogP contribution is 2.40. The van der Waals surface area contributed by atoms with Crippen molar-refractivity contribution >= 4 is 29.1 Å². The molecule has 150 valence electrons. The first-order valence-corrected chi connectivity index (χ1v) is 11.1. The van der Waals surface area contributed by atoms with E-state index in [0.717, 1.165) is 48.7 Å². The molecule has 5 nitrogen and oxygen atoms in total. The minimum atomic E-state index is -0.925. The molecule has 3 heterocycles. The minimum Gasteiger partial charge on any atom is -0.478 e. The molecule has 1 N–H and O–H groups in total. The number of aromatic nitrogens is 3. The van der Waals surface area contributed by atoms with Crippen LogP contribution < -0.4 is 0 Å². The summed E-state index contributed by atoms with van der Waals surface area (Å²) in [6, 6.07) is 15.1. The van der Waals surface area contributed by atoms with E-state index in [2.05, 4.69) is 21.0 Å². The number of nitrogens with zero attached hydrogens (tertiary/aromatic N) is 3. The van der Waals surface area contributed by atoms with Gasteiger partial charge in [-0.05, 0) is 55.3 Å². The number of carbonyl (C=O) groups is 1. The van der Waals surface area contributed by atoms with Crippen LogP contribution in [-0.2, 0) is 5.75 Å². The van der Waals surface area contributed by atoms with E-state index in [1.807, 2.05) is 50.4 Å². The van der Waals surface area contributed by atoms with Crippen LogP contribution in [0.5, 0.6) is 0 Å². The highest BCUT2D eigenvalue weighted by atomic mass is 32.2. The number of pyridine rings is 1. The minimum absolute atomic E-state index is 0.280. The van der Waals surface area contributed by atoms with E-state index in [0.29, 0.717) is 0 Å². The first-order valence-electron chi connectivity index (χ1n) is 9.31. The van der Waals surface area contributed by atoms with Gasteiger partial charge in [0.25, 0.3) is 0 Å². The van der Waals surface area contributed by atoms with Crippen LogP contribution in [0.1, 0.15) is 27.3 Å². The molecule has 0 fully saturated rings. The van der Waals surface area contributed by atoms with Crippen molar-refractivity contribution in [3.63, 3.8) is 0 Å². The third-order valence-corrected chi connectivity index (χ3v) is 6.64. The summed E-state index contributed by atoms with van der Waals surface area (Å²) in [6.07, 6.45) is 3.61. The van der Waals surface area contributed by atoms with Crippen molar-refractivity contribution in [2.75, 3.05) is 0 Å². The van der Waals surface area contributed by atoms with E-state index in [1.165, 1.54) is 0 Å². The molecule has 1 aromatic carbocycles. The Morgan fingerprint density at radius 2 is 1.77 bits per heavy atom. The number of aryl methyl sites for hydroxylation is 2. The van der Waals surface area contributed by atoms with Gasteiger partial charge in [-0.3, -0.25) is 4.98 Å². The van der Waals surface area contributed by atoms with Gasteiger partial charge in [0.05, 0.1) is 5.56 Å². The zero-order valence-electron chi connectivity index (χ0n) is 16.5. The highest BCUT2D eigenvalue weighted by molar-refractivity contribution is 7.98. The van der Waals surface area contributed by atoms with E-state index >= 15 is 0 Å². The molecular weight excluding hydrogens is 414 g/mol. The van der Waals surface area contributed by atoms with Crippen molar-refractivity contribution in [2.24, 2.45) is 0 Å². The van der Waals surface area contributed by atoms with Crippen LogP contribution in [0.15, 0.2) is 66.1 Å². The second kappa shape index (κ2) is 8.77. The fourth-order valence-electron chi connectivity index (χ4n) is 3.10. The summed E-state index contributed by atoms with van der Waals surface area (Å²) < 4.78 is 0. The molecule has 4 aromatic rings. The van der Waals surface area contributed by atoms with Gasteiger partial charge in [0.1, 0.15) is 0 Å². The van der Waals surface area contributed by atoms with Crippen LogP contribution in [0, 0.1) is 13.8 Å². The predicted octanol–water partition coefficient (Wildman–Crippen LogP) is 5.87. The maximum Gasteiger partial charge on any atom is 0.335 e. The van der Waals surface area contributed by atoms with E-state index in [9.17, 15) is 9.90 Å². The lowest BCUT2D eigenvalue weighted by Gasteiger charge is -2.05. The Labute approximate surface area is 182 Å². The Hall–Kier alpha value is -3.03. The summed E-state index contributed by atoms with van der Waals surface area (Å²) in [4.78, 5) is 26.7. The average Bonchev–Trinajstić information content (AvgIpc) is 3.16. The van der Waals surface area contributed by atoms with Crippen LogP contribution in [0.2, 0.25) is 0 Å². The number of rotatable bonds is 6. The maximum atomic E-state index is 11.2. The van der Waals surface area contributed by atoms with Crippen molar-refractivity contribution in [3.8, 4) is 20.9 Å². The molecule has 0 saturated carbocycles. The Balaban J connectivity index is 1.70. The van der Waals surface area contributed by atoms with Crippen LogP contribution in [0.4, 0.5) is 0 Å². The first kappa shape index (κ1) is 20.3. The zero-order chi connectivity index (χ0) is 21.1. The lowest BCUT2D eigenvalue weighted by Crippen LogP contribution is -1.95. The van der Waals surface area contributed by atoms with Crippen LogP contribution in [-0.4, -0.2) is 26.0 Å². The molecule has 0 aliphatic carbocycles. The Morgan fingerprint density at radius 3 is 2.40 bits per heavy atom. The second-order valence-corrected chi connectivity index (χ2v) is 8.81. The fraction of sp³-hybridized carbons (Fsp3) is 0.130. The second-order valence-electron chi connectivity index (χ2n) is 6.81. The molecule has 0 bridgehead atoms. The van der Waals surface area contributed by atoms with Gasteiger partial charge >= 0.3 is 5.97 Å². The highest BCUT2D eigenvalue weighted by Gasteiger charge is 2.15. The van der Waals surface area contributed by atoms with E-state index in [4.69, 9.17) is 0 Å². The van der Waals surface area contributed by atoms with Gasteiger partial charge < -0.3 is 5.11 Å². The summed E-state index contributed by atoms with van der Waals surface area (Å²) >= 11 is 3.28. The molecule has 3 aromatic heterocycles. The molecule has 0 unspecified atom stereocenters. The van der Waals surface area contributed by atoms with Crippen molar-refractivity contribution in [1.29, 1.82) is 0 Å². The van der Waals surface area contributed by atoms with Gasteiger partial charge in [-0.15, -0.1) is 11.3 Å². The number of thioether (sulfide) groups is 1. The average molecular weight is 434 g/mol. The number of carboxylic acid groups (broad SMARTS) is 1. The van der Waals surface area contributed by atoms with E-state index < -0.39 is 5.97 Å². The Bertz CT molecular complexity index is 1170. The maximum absolute atomic E-state index is 11.2. The summed E-state index contributed by atoms with van der Waals surface area (Å²) in [7, 11) is 0. The predicted molar refractivity (Wildman–Crippen MR) is 121 cm³/mol. The van der Waals surface area contributed by atoms with Crippen LogP contribution in [0.3, 0.4) is 0 Å². The third-order valence-electron chi connectivity index (χ3n) is 4.47. The molecule has 0 atom stereocenters. The number of hydrogen-bond donors (Lipinski definition) is 1.